The highest BCUT2D eigenvalue weighted by molar-refractivity contribution is 5.98. The lowest BCUT2D eigenvalue weighted by Gasteiger charge is -2.07. The monoisotopic (exact) mass is 353 g/mol. The highest BCUT2D eigenvalue weighted by Gasteiger charge is 2.06. The molecule has 0 radical (unpaired) electrons. The van der Waals surface area contributed by atoms with E-state index in [-0.39, 0.29) is 5.91 Å². The Morgan fingerprint density at radius 3 is 2.31 bits per heavy atom. The van der Waals surface area contributed by atoms with Crippen LogP contribution in [-0.2, 0) is 9.59 Å². The van der Waals surface area contributed by atoms with Crippen molar-refractivity contribution >= 4 is 29.5 Å². The van der Waals surface area contributed by atoms with Crippen LogP contribution >= 0.6 is 0 Å². The maximum absolute atomic E-state index is 12.0. The number of nitrogens with one attached hydrogen (secondary N) is 3. The van der Waals surface area contributed by atoms with E-state index in [9.17, 15) is 14.4 Å². The third-order valence-electron chi connectivity index (χ3n) is 3.32. The molecule has 134 valence electrons. The molecule has 0 heterocycles. The molecule has 3 amide bonds. The molecule has 0 spiro atoms. The van der Waals surface area contributed by atoms with E-state index in [1.165, 1.54) is 25.1 Å². The van der Waals surface area contributed by atoms with E-state index in [0.717, 1.165) is 5.56 Å². The molecule has 2 aromatic carbocycles. The van der Waals surface area contributed by atoms with Gasteiger partial charge in [0.25, 0.3) is 11.8 Å². The quantitative estimate of drug-likeness (QED) is 0.567. The molecule has 0 unspecified atom stereocenters. The van der Waals surface area contributed by atoms with Crippen molar-refractivity contribution in [2.45, 2.75) is 6.92 Å². The minimum atomic E-state index is -0.487. The number of anilines is 1. The summed E-state index contributed by atoms with van der Waals surface area (Å²) >= 11 is 0. The molecular formula is C19H19N3O4. The first-order valence-corrected chi connectivity index (χ1v) is 7.78. The van der Waals surface area contributed by atoms with Crippen molar-refractivity contribution in [2.75, 3.05) is 12.4 Å². The number of methoxy groups -OCH3 is 1. The first kappa shape index (κ1) is 18.7. The summed E-state index contributed by atoms with van der Waals surface area (Å²) in [6.07, 6.45) is 2.88. The van der Waals surface area contributed by atoms with E-state index in [0.29, 0.717) is 17.0 Å². The summed E-state index contributed by atoms with van der Waals surface area (Å²) in [5, 5.41) is 2.60. The normalized spacial score (nSPS) is 10.2. The molecule has 2 aromatic rings. The van der Waals surface area contributed by atoms with E-state index in [1.54, 1.807) is 37.5 Å². The number of benzene rings is 2. The SMILES string of the molecule is COc1ccccc1/C=C/C(=O)NNC(=O)c1ccc(NC(C)=O)cc1. The number of hydrogen-bond acceptors (Lipinski definition) is 4. The molecule has 3 N–H and O–H groups in total. The molecule has 0 saturated heterocycles. The smallest absolute Gasteiger partial charge is 0.269 e. The third kappa shape index (κ3) is 5.48. The molecular weight excluding hydrogens is 334 g/mol. The van der Waals surface area contributed by atoms with Crippen LogP contribution in [0.25, 0.3) is 6.08 Å². The Balaban J connectivity index is 1.89. The Morgan fingerprint density at radius 1 is 0.962 bits per heavy atom. The minimum Gasteiger partial charge on any atom is -0.496 e. The molecule has 7 heteroatoms. The minimum absolute atomic E-state index is 0.198. The highest BCUT2D eigenvalue weighted by Crippen LogP contribution is 2.18. The second-order valence-corrected chi connectivity index (χ2v) is 5.28. The lowest BCUT2D eigenvalue weighted by Crippen LogP contribution is -2.40. The molecule has 0 saturated carbocycles. The molecule has 0 atom stereocenters. The average Bonchev–Trinajstić information content (AvgIpc) is 2.64. The van der Waals surface area contributed by atoms with Crippen molar-refractivity contribution in [1.29, 1.82) is 0 Å². The number of hydrazine groups is 1. The predicted molar refractivity (Wildman–Crippen MR) is 98.4 cm³/mol. The van der Waals surface area contributed by atoms with Gasteiger partial charge in [-0.25, -0.2) is 0 Å². The van der Waals surface area contributed by atoms with Crippen LogP contribution in [0.4, 0.5) is 5.69 Å². The predicted octanol–water partition coefficient (Wildman–Crippen LogP) is 2.13. The van der Waals surface area contributed by atoms with Gasteiger partial charge in [0.05, 0.1) is 7.11 Å². The lowest BCUT2D eigenvalue weighted by molar-refractivity contribution is -0.117. The first-order chi connectivity index (χ1) is 12.5. The number of para-hydroxylation sites is 1. The van der Waals surface area contributed by atoms with Gasteiger partial charge in [0.2, 0.25) is 5.91 Å². The number of rotatable bonds is 5. The summed E-state index contributed by atoms with van der Waals surface area (Å²) in [6, 6.07) is 13.5. The standard InChI is InChI=1S/C19H19N3O4/c1-13(23)20-16-10-7-15(8-11-16)19(25)22-21-18(24)12-9-14-5-3-4-6-17(14)26-2/h3-12H,1-2H3,(H,20,23)(H,21,24)(H,22,25)/b12-9+. The lowest BCUT2D eigenvalue weighted by atomic mass is 10.2. The van der Waals surface area contributed by atoms with Gasteiger partial charge >= 0.3 is 0 Å². The highest BCUT2D eigenvalue weighted by atomic mass is 16.5. The number of carbonyl (C=O) groups excluding carboxylic acids is 3. The van der Waals surface area contributed by atoms with Crippen LogP contribution in [0.5, 0.6) is 5.75 Å². The van der Waals surface area contributed by atoms with Crippen molar-refractivity contribution in [3.8, 4) is 5.75 Å². The van der Waals surface area contributed by atoms with Crippen LogP contribution in [0.15, 0.2) is 54.6 Å². The number of ether oxygens (including phenoxy) is 1. The summed E-state index contributed by atoms with van der Waals surface area (Å²) in [4.78, 5) is 34.8. The Kier molecular flexibility index (Phi) is 6.50. The Morgan fingerprint density at radius 2 is 1.65 bits per heavy atom. The summed E-state index contributed by atoms with van der Waals surface area (Å²) in [7, 11) is 1.55. The molecule has 0 bridgehead atoms. The summed E-state index contributed by atoms with van der Waals surface area (Å²) in [5.74, 6) is -0.520. The van der Waals surface area contributed by atoms with Gasteiger partial charge in [0.15, 0.2) is 0 Å². The van der Waals surface area contributed by atoms with Crippen LogP contribution < -0.4 is 20.9 Å². The maximum atomic E-state index is 12.0. The second kappa shape index (κ2) is 9.03. The first-order valence-electron chi connectivity index (χ1n) is 7.78. The summed E-state index contributed by atoms with van der Waals surface area (Å²) < 4.78 is 5.19. The summed E-state index contributed by atoms with van der Waals surface area (Å²) in [6.45, 7) is 1.40. The number of carbonyl (C=O) groups is 3. The van der Waals surface area contributed by atoms with Gasteiger partial charge in [0.1, 0.15) is 5.75 Å². The second-order valence-electron chi connectivity index (χ2n) is 5.28. The topological polar surface area (TPSA) is 96.5 Å². The Hall–Kier alpha value is -3.61. The van der Waals surface area contributed by atoms with Crippen LogP contribution in [0.2, 0.25) is 0 Å². The van der Waals surface area contributed by atoms with Gasteiger partial charge in [-0.05, 0) is 36.4 Å². The molecule has 0 aliphatic carbocycles. The molecule has 2 rings (SSSR count). The van der Waals surface area contributed by atoms with E-state index < -0.39 is 11.8 Å². The van der Waals surface area contributed by atoms with Crippen molar-refractivity contribution < 1.29 is 19.1 Å². The zero-order valence-electron chi connectivity index (χ0n) is 14.4. The summed E-state index contributed by atoms with van der Waals surface area (Å²) in [5.41, 5.74) is 6.28. The number of hydrogen-bond donors (Lipinski definition) is 3. The van der Waals surface area contributed by atoms with Crippen LogP contribution in [0.3, 0.4) is 0 Å². The van der Waals surface area contributed by atoms with E-state index in [1.807, 2.05) is 12.1 Å². The van der Waals surface area contributed by atoms with Gasteiger partial charge < -0.3 is 10.1 Å². The zero-order valence-corrected chi connectivity index (χ0v) is 14.4. The van der Waals surface area contributed by atoms with Crippen LogP contribution in [0, 0.1) is 0 Å². The van der Waals surface area contributed by atoms with Gasteiger partial charge in [-0.1, -0.05) is 18.2 Å². The third-order valence-corrected chi connectivity index (χ3v) is 3.32. The van der Waals surface area contributed by atoms with Crippen molar-refractivity contribution in [2.24, 2.45) is 0 Å². The van der Waals surface area contributed by atoms with E-state index >= 15 is 0 Å². The van der Waals surface area contributed by atoms with Crippen LogP contribution in [0.1, 0.15) is 22.8 Å². The van der Waals surface area contributed by atoms with E-state index in [4.69, 9.17) is 4.74 Å². The molecule has 7 nitrogen and oxygen atoms in total. The molecule has 0 aromatic heterocycles. The maximum Gasteiger partial charge on any atom is 0.269 e. The Bertz CT molecular complexity index is 829. The van der Waals surface area contributed by atoms with E-state index in [2.05, 4.69) is 16.2 Å². The van der Waals surface area contributed by atoms with Crippen molar-refractivity contribution in [3.63, 3.8) is 0 Å². The molecule has 0 aliphatic heterocycles. The number of amides is 3. The van der Waals surface area contributed by atoms with Gasteiger partial charge in [0, 0.05) is 29.8 Å². The zero-order chi connectivity index (χ0) is 18.9. The fourth-order valence-corrected chi connectivity index (χ4v) is 2.11. The molecule has 0 aliphatic rings. The van der Waals surface area contributed by atoms with Gasteiger partial charge in [-0.2, -0.15) is 0 Å². The van der Waals surface area contributed by atoms with Crippen molar-refractivity contribution in [1.82, 2.24) is 10.9 Å². The molecule has 26 heavy (non-hydrogen) atoms. The fourth-order valence-electron chi connectivity index (χ4n) is 2.11. The fraction of sp³-hybridized carbons (Fsp3) is 0.105. The average molecular weight is 353 g/mol. The van der Waals surface area contributed by atoms with Gasteiger partial charge in [-0.3, -0.25) is 25.2 Å². The van der Waals surface area contributed by atoms with Crippen molar-refractivity contribution in [3.05, 3.63) is 65.7 Å². The molecule has 0 fully saturated rings. The Labute approximate surface area is 151 Å². The van der Waals surface area contributed by atoms with Gasteiger partial charge in [-0.15, -0.1) is 0 Å². The largest absolute Gasteiger partial charge is 0.496 e. The van der Waals surface area contributed by atoms with Crippen LogP contribution in [-0.4, -0.2) is 24.8 Å².